The van der Waals surface area contributed by atoms with Gasteiger partial charge in [-0.3, -0.25) is 0 Å². The summed E-state index contributed by atoms with van der Waals surface area (Å²) in [6.45, 7) is 1.91. The van der Waals surface area contributed by atoms with E-state index in [1.165, 1.54) is 24.8 Å². The van der Waals surface area contributed by atoms with E-state index in [0.29, 0.717) is 0 Å². The fourth-order valence-corrected chi connectivity index (χ4v) is 2.83. The summed E-state index contributed by atoms with van der Waals surface area (Å²) in [6.07, 6.45) is 8.05. The number of halogens is 1. The molecule has 1 atom stereocenters. The van der Waals surface area contributed by atoms with Crippen LogP contribution in [0.2, 0.25) is 0 Å². The normalized spacial score (nSPS) is 20.3. The first-order valence-corrected chi connectivity index (χ1v) is 7.08. The van der Waals surface area contributed by atoms with Crippen molar-refractivity contribution in [3.8, 4) is 0 Å². The quantitative estimate of drug-likeness (QED) is 0.794. The lowest BCUT2D eigenvalue weighted by molar-refractivity contribution is 0.0931. The molecule has 0 aromatic heterocycles. The summed E-state index contributed by atoms with van der Waals surface area (Å²) in [6, 6.07) is 7.97. The number of allylic oxidation sites excluding steroid dienone is 1. The Bertz CT molecular complexity index is 421. The van der Waals surface area contributed by atoms with Crippen LogP contribution in [0.4, 0.5) is 0 Å². The van der Waals surface area contributed by atoms with Crippen LogP contribution < -0.4 is 0 Å². The van der Waals surface area contributed by atoms with Crippen molar-refractivity contribution >= 4 is 15.9 Å². The van der Waals surface area contributed by atoms with Gasteiger partial charge in [-0.1, -0.05) is 40.6 Å². The first-order chi connectivity index (χ1) is 8.10. The molecule has 1 aliphatic carbocycles. The zero-order valence-corrected chi connectivity index (χ0v) is 11.8. The highest BCUT2D eigenvalue weighted by Gasteiger charge is 2.28. The van der Waals surface area contributed by atoms with Gasteiger partial charge in [0.05, 0.1) is 0 Å². The fraction of sp³-hybridized carbons (Fsp3) is 0.467. The van der Waals surface area contributed by atoms with Gasteiger partial charge in [-0.15, -0.1) is 0 Å². The van der Waals surface area contributed by atoms with Gasteiger partial charge in [0.25, 0.3) is 0 Å². The maximum Gasteiger partial charge on any atom is 0.108 e. The van der Waals surface area contributed by atoms with Crippen molar-refractivity contribution in [2.45, 2.75) is 44.6 Å². The summed E-state index contributed by atoms with van der Waals surface area (Å²) >= 11 is 3.46. The van der Waals surface area contributed by atoms with Crippen LogP contribution >= 0.6 is 15.9 Å². The Morgan fingerprint density at radius 2 is 2.06 bits per heavy atom. The Morgan fingerprint density at radius 3 is 2.82 bits per heavy atom. The molecule has 0 fully saturated rings. The summed E-state index contributed by atoms with van der Waals surface area (Å²) < 4.78 is 1.02. The molecule has 1 aromatic rings. The average molecular weight is 295 g/mol. The Hall–Kier alpha value is -0.600. The van der Waals surface area contributed by atoms with E-state index >= 15 is 0 Å². The molecule has 0 bridgehead atoms. The highest BCUT2D eigenvalue weighted by molar-refractivity contribution is 9.10. The maximum absolute atomic E-state index is 10.8. The third-order valence-corrected chi connectivity index (χ3v) is 4.05. The molecule has 1 nitrogen and oxygen atoms in total. The number of benzene rings is 1. The van der Waals surface area contributed by atoms with Crippen molar-refractivity contribution in [3.63, 3.8) is 0 Å². The van der Waals surface area contributed by atoms with Crippen molar-refractivity contribution in [2.75, 3.05) is 0 Å². The maximum atomic E-state index is 10.8. The minimum absolute atomic E-state index is 0.825. The van der Waals surface area contributed by atoms with E-state index < -0.39 is 5.60 Å². The largest absolute Gasteiger partial charge is 0.381 e. The zero-order chi connectivity index (χ0) is 12.3. The molecule has 0 radical (unpaired) electrons. The van der Waals surface area contributed by atoms with Crippen LogP contribution in [0.25, 0.3) is 0 Å². The Balaban J connectivity index is 2.31. The standard InChI is InChI=1S/C15H19BrO/c1-15(17,12-7-4-2-3-5-8-12)13-9-6-10-14(16)11-13/h6-7,9-11,17H,2-5,8H2,1H3. The SMILES string of the molecule is CC(O)(C1=CCCCCC1)c1cccc(Br)c1. The monoisotopic (exact) mass is 294 g/mol. The first kappa shape index (κ1) is 12.8. The third kappa shape index (κ3) is 2.99. The van der Waals surface area contributed by atoms with E-state index in [9.17, 15) is 5.11 Å². The molecule has 0 heterocycles. The molecule has 0 spiro atoms. The molecule has 1 unspecified atom stereocenters. The average Bonchev–Trinajstić information content (AvgIpc) is 2.58. The Labute approximate surface area is 112 Å². The topological polar surface area (TPSA) is 20.2 Å². The molecule has 0 saturated heterocycles. The lowest BCUT2D eigenvalue weighted by atomic mass is 9.85. The van der Waals surface area contributed by atoms with Gasteiger partial charge in [0, 0.05) is 4.47 Å². The van der Waals surface area contributed by atoms with Crippen LogP contribution in [0, 0.1) is 0 Å². The predicted molar refractivity (Wildman–Crippen MR) is 74.9 cm³/mol. The summed E-state index contributed by atoms with van der Waals surface area (Å²) in [7, 11) is 0. The molecule has 92 valence electrons. The second-order valence-electron chi connectivity index (χ2n) is 4.91. The van der Waals surface area contributed by atoms with Gasteiger partial charge in [0.2, 0.25) is 0 Å². The number of rotatable bonds is 2. The molecule has 17 heavy (non-hydrogen) atoms. The Kier molecular flexibility index (Phi) is 4.05. The van der Waals surface area contributed by atoms with Crippen molar-refractivity contribution in [1.82, 2.24) is 0 Å². The molecule has 2 heteroatoms. The van der Waals surface area contributed by atoms with Crippen LogP contribution in [0.15, 0.2) is 40.4 Å². The summed E-state index contributed by atoms with van der Waals surface area (Å²) in [5, 5.41) is 10.8. The van der Waals surface area contributed by atoms with E-state index in [1.807, 2.05) is 31.2 Å². The fourth-order valence-electron chi connectivity index (χ4n) is 2.43. The minimum atomic E-state index is -0.825. The van der Waals surface area contributed by atoms with Crippen LogP contribution in [-0.2, 0) is 5.60 Å². The van der Waals surface area contributed by atoms with E-state index in [1.54, 1.807) is 0 Å². The van der Waals surface area contributed by atoms with E-state index in [-0.39, 0.29) is 0 Å². The van der Waals surface area contributed by atoms with Gasteiger partial charge >= 0.3 is 0 Å². The first-order valence-electron chi connectivity index (χ1n) is 6.28. The van der Waals surface area contributed by atoms with Gasteiger partial charge in [0.15, 0.2) is 0 Å². The summed E-state index contributed by atoms with van der Waals surface area (Å²) in [5.74, 6) is 0. The molecular weight excluding hydrogens is 276 g/mol. The lowest BCUT2D eigenvalue weighted by Gasteiger charge is -2.27. The van der Waals surface area contributed by atoms with E-state index in [4.69, 9.17) is 0 Å². The summed E-state index contributed by atoms with van der Waals surface area (Å²) in [4.78, 5) is 0. The van der Waals surface area contributed by atoms with E-state index in [2.05, 4.69) is 22.0 Å². The van der Waals surface area contributed by atoms with Crippen LogP contribution in [-0.4, -0.2) is 5.11 Å². The van der Waals surface area contributed by atoms with Gasteiger partial charge in [-0.2, -0.15) is 0 Å². The van der Waals surface area contributed by atoms with Crippen LogP contribution in [0.3, 0.4) is 0 Å². The second kappa shape index (κ2) is 5.36. The second-order valence-corrected chi connectivity index (χ2v) is 5.83. The molecular formula is C15H19BrO. The van der Waals surface area contributed by atoms with Crippen LogP contribution in [0.5, 0.6) is 0 Å². The zero-order valence-electron chi connectivity index (χ0n) is 10.2. The number of hydrogen-bond acceptors (Lipinski definition) is 1. The Morgan fingerprint density at radius 1 is 1.24 bits per heavy atom. The summed E-state index contributed by atoms with van der Waals surface area (Å²) in [5.41, 5.74) is 1.32. The molecule has 0 amide bonds. The van der Waals surface area contributed by atoms with E-state index in [0.717, 1.165) is 22.9 Å². The molecule has 1 aliphatic rings. The highest BCUT2D eigenvalue weighted by atomic mass is 79.9. The van der Waals surface area contributed by atoms with Crippen molar-refractivity contribution in [1.29, 1.82) is 0 Å². The smallest absolute Gasteiger partial charge is 0.108 e. The predicted octanol–water partition coefficient (Wildman–Crippen LogP) is 4.55. The third-order valence-electron chi connectivity index (χ3n) is 3.55. The van der Waals surface area contributed by atoms with Crippen LogP contribution in [0.1, 0.15) is 44.6 Å². The molecule has 1 aromatic carbocycles. The van der Waals surface area contributed by atoms with Gasteiger partial charge in [-0.25, -0.2) is 0 Å². The lowest BCUT2D eigenvalue weighted by Crippen LogP contribution is -2.24. The number of aliphatic hydroxyl groups is 1. The van der Waals surface area contributed by atoms with Crippen molar-refractivity contribution in [2.24, 2.45) is 0 Å². The molecule has 1 N–H and O–H groups in total. The number of hydrogen-bond donors (Lipinski definition) is 1. The highest BCUT2D eigenvalue weighted by Crippen LogP contribution is 2.35. The van der Waals surface area contributed by atoms with Crippen molar-refractivity contribution in [3.05, 3.63) is 46.0 Å². The van der Waals surface area contributed by atoms with Gasteiger partial charge < -0.3 is 5.11 Å². The van der Waals surface area contributed by atoms with Gasteiger partial charge in [-0.05, 0) is 55.9 Å². The van der Waals surface area contributed by atoms with Crippen molar-refractivity contribution < 1.29 is 5.11 Å². The molecule has 0 aliphatic heterocycles. The molecule has 0 saturated carbocycles. The minimum Gasteiger partial charge on any atom is -0.381 e. The van der Waals surface area contributed by atoms with Gasteiger partial charge in [0.1, 0.15) is 5.60 Å². The molecule has 2 rings (SSSR count).